The molecule has 7 nitrogen and oxygen atoms in total. The van der Waals surface area contributed by atoms with Crippen LogP contribution in [0.4, 0.5) is 16.0 Å². The smallest absolute Gasteiger partial charge is 0.312 e. The molecule has 0 bridgehead atoms. The first kappa shape index (κ1) is 20.2. The number of anilines is 2. The highest BCUT2D eigenvalue weighted by Crippen LogP contribution is 2.33. The van der Waals surface area contributed by atoms with Gasteiger partial charge in [0.1, 0.15) is 5.82 Å². The van der Waals surface area contributed by atoms with Gasteiger partial charge in [0, 0.05) is 31.4 Å². The van der Waals surface area contributed by atoms with Crippen LogP contribution in [-0.4, -0.2) is 25.2 Å². The summed E-state index contributed by atoms with van der Waals surface area (Å²) >= 11 is 0. The molecular formula is C24H24FN5O2. The van der Waals surface area contributed by atoms with E-state index < -0.39 is 17.1 Å². The highest BCUT2D eigenvalue weighted by molar-refractivity contribution is 5.77. The molecule has 0 N–H and O–H groups in total. The zero-order chi connectivity index (χ0) is 22.6. The molecule has 0 aliphatic carbocycles. The van der Waals surface area contributed by atoms with Crippen LogP contribution in [0.2, 0.25) is 0 Å². The van der Waals surface area contributed by atoms with Crippen molar-refractivity contribution in [2.75, 3.05) is 11.4 Å². The summed E-state index contributed by atoms with van der Waals surface area (Å²) in [4.78, 5) is 33.4. The minimum atomic E-state index is -0.517. The Morgan fingerprint density at radius 2 is 1.88 bits per heavy atom. The molecule has 3 heterocycles. The molecular weight excluding hydrogens is 409 g/mol. The fourth-order valence-corrected chi connectivity index (χ4v) is 4.45. The molecule has 0 saturated carbocycles. The summed E-state index contributed by atoms with van der Waals surface area (Å²) < 4.78 is 18.6. The quantitative estimate of drug-likeness (QED) is 0.498. The number of hydrogen-bond acceptors (Lipinski definition) is 4. The van der Waals surface area contributed by atoms with Gasteiger partial charge in [-0.1, -0.05) is 37.3 Å². The van der Waals surface area contributed by atoms with E-state index in [0.29, 0.717) is 29.2 Å². The third-order valence-electron chi connectivity index (χ3n) is 6.04. The summed E-state index contributed by atoms with van der Waals surface area (Å²) in [5, 5.41) is 0. The van der Waals surface area contributed by atoms with Gasteiger partial charge < -0.3 is 9.47 Å². The minimum Gasteiger partial charge on any atom is -0.312 e. The second kappa shape index (κ2) is 7.47. The molecule has 8 heteroatoms. The summed E-state index contributed by atoms with van der Waals surface area (Å²) in [5.41, 5.74) is 2.14. The Morgan fingerprint density at radius 3 is 2.62 bits per heavy atom. The topological polar surface area (TPSA) is 65.1 Å². The lowest BCUT2D eigenvalue weighted by Crippen LogP contribution is -2.40. The lowest BCUT2D eigenvalue weighted by atomic mass is 10.1. The van der Waals surface area contributed by atoms with Crippen molar-refractivity contribution in [2.45, 2.75) is 26.9 Å². The van der Waals surface area contributed by atoms with Crippen molar-refractivity contribution in [1.29, 1.82) is 0 Å². The maximum atomic E-state index is 14.2. The van der Waals surface area contributed by atoms with E-state index in [2.05, 4.69) is 17.9 Å². The highest BCUT2D eigenvalue weighted by atomic mass is 19.1. The lowest BCUT2D eigenvalue weighted by Gasteiger charge is -2.33. The molecule has 0 unspecified atom stereocenters. The summed E-state index contributed by atoms with van der Waals surface area (Å²) in [6.45, 7) is 5.39. The predicted molar refractivity (Wildman–Crippen MR) is 122 cm³/mol. The Balaban J connectivity index is 1.74. The molecule has 1 aliphatic rings. The van der Waals surface area contributed by atoms with Gasteiger partial charge in [-0.2, -0.15) is 4.98 Å². The van der Waals surface area contributed by atoms with Crippen LogP contribution < -0.4 is 16.1 Å². The zero-order valence-corrected chi connectivity index (χ0v) is 18.2. The van der Waals surface area contributed by atoms with Crippen molar-refractivity contribution in [3.8, 4) is 0 Å². The summed E-state index contributed by atoms with van der Waals surface area (Å²) in [7, 11) is 1.60. The van der Waals surface area contributed by atoms with Crippen LogP contribution in [-0.2, 0) is 20.1 Å². The summed E-state index contributed by atoms with van der Waals surface area (Å²) in [6.07, 6.45) is 0. The molecule has 164 valence electrons. The minimum absolute atomic E-state index is 0.133. The fraction of sp³-hybridized carbons (Fsp3) is 0.292. The van der Waals surface area contributed by atoms with Crippen molar-refractivity contribution in [3.05, 3.63) is 86.3 Å². The van der Waals surface area contributed by atoms with Crippen LogP contribution in [0.25, 0.3) is 11.2 Å². The van der Waals surface area contributed by atoms with Gasteiger partial charge in [-0.05, 0) is 36.6 Å². The molecule has 2 aromatic heterocycles. The van der Waals surface area contributed by atoms with E-state index >= 15 is 0 Å². The third-order valence-corrected chi connectivity index (χ3v) is 6.04. The van der Waals surface area contributed by atoms with Gasteiger partial charge in [0.25, 0.3) is 5.56 Å². The maximum Gasteiger partial charge on any atom is 0.332 e. The monoisotopic (exact) mass is 433 g/mol. The standard InChI is InChI=1S/C24H24FN5O2/c1-15-7-6-9-18(11-15)28-12-16(2)13-29-20-21(26-23(28)29)27(3)24(32)30(22(20)31)14-17-8-4-5-10-19(17)25/h4-11,16H,12-14H2,1-3H3/t16-/m0/s1. The highest BCUT2D eigenvalue weighted by Gasteiger charge is 2.30. The van der Waals surface area contributed by atoms with Crippen molar-refractivity contribution in [2.24, 2.45) is 13.0 Å². The Bertz CT molecular complexity index is 1470. The molecule has 0 spiro atoms. The van der Waals surface area contributed by atoms with E-state index in [9.17, 15) is 14.0 Å². The number of benzene rings is 2. The van der Waals surface area contributed by atoms with Gasteiger partial charge in [-0.15, -0.1) is 0 Å². The zero-order valence-electron chi connectivity index (χ0n) is 18.2. The first-order valence-electron chi connectivity index (χ1n) is 10.6. The second-order valence-electron chi connectivity index (χ2n) is 8.57. The summed E-state index contributed by atoms with van der Waals surface area (Å²) in [5.74, 6) is 0.451. The van der Waals surface area contributed by atoms with E-state index in [1.807, 2.05) is 29.7 Å². The van der Waals surface area contributed by atoms with Crippen LogP contribution in [0.1, 0.15) is 18.1 Å². The van der Waals surface area contributed by atoms with Crippen LogP contribution in [0, 0.1) is 18.7 Å². The molecule has 0 amide bonds. The largest absolute Gasteiger partial charge is 0.332 e. The number of fused-ring (bicyclic) bond motifs is 3. The number of rotatable bonds is 3. The van der Waals surface area contributed by atoms with Gasteiger partial charge in [0.05, 0.1) is 6.54 Å². The Kier molecular flexibility index (Phi) is 4.73. The second-order valence-corrected chi connectivity index (χ2v) is 8.57. The van der Waals surface area contributed by atoms with Gasteiger partial charge in [-0.3, -0.25) is 13.9 Å². The lowest BCUT2D eigenvalue weighted by molar-refractivity contribution is 0.458. The molecule has 1 aliphatic heterocycles. The normalized spacial score (nSPS) is 15.9. The Labute approximate surface area is 184 Å². The van der Waals surface area contributed by atoms with E-state index in [1.165, 1.54) is 10.6 Å². The van der Waals surface area contributed by atoms with E-state index in [4.69, 9.17) is 4.98 Å². The molecule has 4 aromatic rings. The first-order valence-corrected chi connectivity index (χ1v) is 10.6. The average molecular weight is 433 g/mol. The number of halogens is 1. The van der Waals surface area contributed by atoms with E-state index in [0.717, 1.165) is 22.4 Å². The van der Waals surface area contributed by atoms with Crippen LogP contribution in [0.3, 0.4) is 0 Å². The number of aromatic nitrogens is 4. The fourth-order valence-electron chi connectivity index (χ4n) is 4.45. The van der Waals surface area contributed by atoms with Gasteiger partial charge in [0.15, 0.2) is 11.2 Å². The number of nitrogens with zero attached hydrogens (tertiary/aromatic N) is 5. The van der Waals surface area contributed by atoms with Crippen molar-refractivity contribution in [3.63, 3.8) is 0 Å². The molecule has 32 heavy (non-hydrogen) atoms. The number of imidazole rings is 1. The maximum absolute atomic E-state index is 14.2. The van der Waals surface area contributed by atoms with Crippen molar-refractivity contribution in [1.82, 2.24) is 18.7 Å². The number of aryl methyl sites for hydroxylation is 2. The van der Waals surface area contributed by atoms with Crippen LogP contribution in [0.15, 0.2) is 58.1 Å². The van der Waals surface area contributed by atoms with Gasteiger partial charge >= 0.3 is 5.69 Å². The Morgan fingerprint density at radius 1 is 1.09 bits per heavy atom. The number of hydrogen-bond donors (Lipinski definition) is 0. The van der Waals surface area contributed by atoms with E-state index in [-0.39, 0.29) is 12.5 Å². The third kappa shape index (κ3) is 3.14. The molecule has 5 rings (SSSR count). The molecule has 0 radical (unpaired) electrons. The van der Waals surface area contributed by atoms with Gasteiger partial charge in [-0.25, -0.2) is 9.18 Å². The van der Waals surface area contributed by atoms with Gasteiger partial charge in [0.2, 0.25) is 5.95 Å². The molecule has 1 atom stereocenters. The summed E-state index contributed by atoms with van der Waals surface area (Å²) in [6, 6.07) is 14.3. The van der Waals surface area contributed by atoms with Crippen LogP contribution in [0.5, 0.6) is 0 Å². The van der Waals surface area contributed by atoms with E-state index in [1.54, 1.807) is 25.2 Å². The van der Waals surface area contributed by atoms with Crippen molar-refractivity contribution < 1.29 is 4.39 Å². The molecule has 0 saturated heterocycles. The van der Waals surface area contributed by atoms with Crippen molar-refractivity contribution >= 4 is 22.8 Å². The molecule has 0 fully saturated rings. The Hall–Kier alpha value is -3.68. The molecule has 2 aromatic carbocycles. The van der Waals surface area contributed by atoms with Crippen LogP contribution >= 0.6 is 0 Å². The predicted octanol–water partition coefficient (Wildman–Crippen LogP) is 3.18. The first-order chi connectivity index (χ1) is 15.3. The SMILES string of the molecule is Cc1cccc(N2C[C@H](C)Cn3c2nc2c3c(=O)n(Cc3ccccc3F)c(=O)n2C)c1. The average Bonchev–Trinajstić information content (AvgIpc) is 3.15.